The predicted octanol–water partition coefficient (Wildman–Crippen LogP) is 4.66. The van der Waals surface area contributed by atoms with E-state index in [0.717, 1.165) is 9.87 Å². The van der Waals surface area contributed by atoms with Gasteiger partial charge in [-0.15, -0.1) is 0 Å². The van der Waals surface area contributed by atoms with Gasteiger partial charge in [0.1, 0.15) is 5.82 Å². The van der Waals surface area contributed by atoms with Gasteiger partial charge in [-0.3, -0.25) is 4.79 Å². The second-order valence-corrected chi connectivity index (χ2v) is 9.41. The number of rotatable bonds is 8. The Balaban J connectivity index is 1.83. The Kier molecular flexibility index (Phi) is 7.43. The highest BCUT2D eigenvalue weighted by Crippen LogP contribution is 2.20. The van der Waals surface area contributed by atoms with Crippen LogP contribution in [0.1, 0.15) is 11.1 Å². The van der Waals surface area contributed by atoms with Crippen LogP contribution < -0.4 is 5.32 Å². The minimum Gasteiger partial charge on any atom is -0.325 e. The number of nitrogens with one attached hydrogen (secondary N) is 1. The molecule has 0 aliphatic rings. The monoisotopic (exact) mass is 460 g/mol. The van der Waals surface area contributed by atoms with Gasteiger partial charge in [0.25, 0.3) is 0 Å². The highest BCUT2D eigenvalue weighted by molar-refractivity contribution is 7.89. The second kappa shape index (κ2) is 10.0. The van der Waals surface area contributed by atoms with Crippen molar-refractivity contribution in [2.75, 3.05) is 18.4 Å². The molecular formula is C23H22ClFN2O3S. The fourth-order valence-corrected chi connectivity index (χ4v) is 4.54. The van der Waals surface area contributed by atoms with Crippen LogP contribution in [0.25, 0.3) is 0 Å². The van der Waals surface area contributed by atoms with Gasteiger partial charge in [0.05, 0.1) is 11.4 Å². The lowest BCUT2D eigenvalue weighted by Gasteiger charge is -2.22. The van der Waals surface area contributed by atoms with Crippen molar-refractivity contribution in [3.8, 4) is 0 Å². The minimum absolute atomic E-state index is 0.0414. The molecule has 3 rings (SSSR count). The first-order valence-corrected chi connectivity index (χ1v) is 11.4. The zero-order chi connectivity index (χ0) is 22.4. The van der Waals surface area contributed by atoms with Crippen molar-refractivity contribution in [1.82, 2.24) is 4.31 Å². The highest BCUT2D eigenvalue weighted by atomic mass is 35.5. The summed E-state index contributed by atoms with van der Waals surface area (Å²) in [5.74, 6) is -1.05. The first-order valence-electron chi connectivity index (χ1n) is 9.61. The maximum Gasteiger partial charge on any atom is 0.243 e. The van der Waals surface area contributed by atoms with Crippen molar-refractivity contribution in [3.05, 3.63) is 94.8 Å². The van der Waals surface area contributed by atoms with E-state index >= 15 is 0 Å². The molecule has 162 valence electrons. The summed E-state index contributed by atoms with van der Waals surface area (Å²) in [5, 5.41) is 3.02. The fourth-order valence-electron chi connectivity index (χ4n) is 3.02. The van der Waals surface area contributed by atoms with Gasteiger partial charge in [0.15, 0.2) is 0 Å². The number of nitrogens with zero attached hydrogens (tertiary/aromatic N) is 1. The third-order valence-corrected chi connectivity index (χ3v) is 6.85. The number of aryl methyl sites for hydroxylation is 1. The fraction of sp³-hybridized carbons (Fsp3) is 0.174. The first kappa shape index (κ1) is 22.9. The SMILES string of the molecule is Cc1ccc(F)cc1NC(=O)CN(CCc1ccccc1)S(=O)(=O)c1ccc(Cl)cc1. The summed E-state index contributed by atoms with van der Waals surface area (Å²) < 4.78 is 41.1. The van der Waals surface area contributed by atoms with Crippen LogP contribution in [0.15, 0.2) is 77.7 Å². The molecule has 0 saturated heterocycles. The van der Waals surface area contributed by atoms with Gasteiger partial charge in [-0.1, -0.05) is 48.0 Å². The zero-order valence-corrected chi connectivity index (χ0v) is 18.5. The molecule has 0 radical (unpaired) electrons. The Hall–Kier alpha value is -2.74. The molecule has 0 aromatic heterocycles. The van der Waals surface area contributed by atoms with Crippen molar-refractivity contribution in [2.45, 2.75) is 18.2 Å². The van der Waals surface area contributed by atoms with Gasteiger partial charge < -0.3 is 5.32 Å². The van der Waals surface area contributed by atoms with E-state index in [1.165, 1.54) is 36.4 Å². The average Bonchev–Trinajstić information content (AvgIpc) is 2.74. The normalized spacial score (nSPS) is 11.5. The molecule has 0 heterocycles. The molecule has 31 heavy (non-hydrogen) atoms. The smallest absolute Gasteiger partial charge is 0.243 e. The zero-order valence-electron chi connectivity index (χ0n) is 16.9. The molecule has 0 atom stereocenters. The van der Waals surface area contributed by atoms with Crippen LogP contribution in [0.2, 0.25) is 5.02 Å². The second-order valence-electron chi connectivity index (χ2n) is 7.04. The van der Waals surface area contributed by atoms with E-state index < -0.39 is 28.3 Å². The minimum atomic E-state index is -3.95. The standard InChI is InChI=1S/C23H22ClFN2O3S/c1-17-7-10-20(25)15-22(17)26-23(28)16-27(14-13-18-5-3-2-4-6-18)31(29,30)21-11-8-19(24)9-12-21/h2-12,15H,13-14,16H2,1H3,(H,26,28). The van der Waals surface area contributed by atoms with Crippen LogP contribution >= 0.6 is 11.6 Å². The van der Waals surface area contributed by atoms with Gasteiger partial charge in [-0.2, -0.15) is 4.31 Å². The van der Waals surface area contributed by atoms with Crippen molar-refractivity contribution in [2.24, 2.45) is 0 Å². The summed E-state index contributed by atoms with van der Waals surface area (Å²) in [5.41, 5.74) is 1.92. The molecule has 0 fully saturated rings. The number of amides is 1. The number of benzene rings is 3. The first-order chi connectivity index (χ1) is 14.8. The summed E-state index contributed by atoms with van der Waals surface area (Å²) in [6.07, 6.45) is 0.430. The number of hydrogen-bond donors (Lipinski definition) is 1. The maximum absolute atomic E-state index is 13.5. The molecule has 3 aromatic rings. The van der Waals surface area contributed by atoms with E-state index in [-0.39, 0.29) is 11.4 Å². The van der Waals surface area contributed by atoms with E-state index in [2.05, 4.69) is 5.32 Å². The van der Waals surface area contributed by atoms with Crippen LogP contribution in [0.4, 0.5) is 10.1 Å². The van der Waals surface area contributed by atoms with E-state index in [4.69, 9.17) is 11.6 Å². The molecule has 1 amide bonds. The quantitative estimate of drug-likeness (QED) is 0.531. The van der Waals surface area contributed by atoms with Gasteiger partial charge in [0, 0.05) is 17.3 Å². The lowest BCUT2D eigenvalue weighted by Crippen LogP contribution is -2.39. The van der Waals surface area contributed by atoms with Crippen molar-refractivity contribution >= 4 is 33.2 Å². The molecule has 3 aromatic carbocycles. The third-order valence-electron chi connectivity index (χ3n) is 4.74. The molecule has 0 saturated carbocycles. The van der Waals surface area contributed by atoms with Crippen LogP contribution in [-0.4, -0.2) is 31.7 Å². The van der Waals surface area contributed by atoms with Crippen LogP contribution in [0.5, 0.6) is 0 Å². The molecule has 8 heteroatoms. The van der Waals surface area contributed by atoms with E-state index in [0.29, 0.717) is 22.7 Å². The van der Waals surface area contributed by atoms with E-state index in [1.807, 2.05) is 30.3 Å². The highest BCUT2D eigenvalue weighted by Gasteiger charge is 2.26. The van der Waals surface area contributed by atoms with Crippen LogP contribution in [-0.2, 0) is 21.2 Å². The Labute approximate surface area is 186 Å². The summed E-state index contributed by atoms with van der Waals surface area (Å²) >= 11 is 5.88. The molecular weight excluding hydrogens is 439 g/mol. The number of carbonyl (C=O) groups is 1. The molecule has 0 aliphatic heterocycles. The van der Waals surface area contributed by atoms with E-state index in [9.17, 15) is 17.6 Å². The number of anilines is 1. The summed E-state index contributed by atoms with van der Waals surface area (Å²) in [4.78, 5) is 12.7. The predicted molar refractivity (Wildman–Crippen MR) is 120 cm³/mol. The van der Waals surface area contributed by atoms with Crippen molar-refractivity contribution in [3.63, 3.8) is 0 Å². The number of halogens is 2. The number of hydrogen-bond acceptors (Lipinski definition) is 3. The largest absolute Gasteiger partial charge is 0.325 e. The van der Waals surface area contributed by atoms with Gasteiger partial charge in [0.2, 0.25) is 15.9 Å². The van der Waals surface area contributed by atoms with E-state index in [1.54, 1.807) is 13.0 Å². The van der Waals surface area contributed by atoms with Gasteiger partial charge >= 0.3 is 0 Å². The third kappa shape index (κ3) is 6.13. The number of sulfonamides is 1. The van der Waals surface area contributed by atoms with Crippen LogP contribution in [0, 0.1) is 12.7 Å². The molecule has 0 bridgehead atoms. The maximum atomic E-state index is 13.5. The Morgan fingerprint density at radius 2 is 1.71 bits per heavy atom. The Morgan fingerprint density at radius 3 is 2.39 bits per heavy atom. The average molecular weight is 461 g/mol. The summed E-state index contributed by atoms with van der Waals surface area (Å²) in [7, 11) is -3.95. The summed E-state index contributed by atoms with van der Waals surface area (Å²) in [6, 6.07) is 19.2. The molecule has 0 spiro atoms. The van der Waals surface area contributed by atoms with Gasteiger partial charge in [-0.05, 0) is 60.9 Å². The molecule has 5 nitrogen and oxygen atoms in total. The summed E-state index contributed by atoms with van der Waals surface area (Å²) in [6.45, 7) is 1.42. The number of carbonyl (C=O) groups excluding carboxylic acids is 1. The molecule has 0 unspecified atom stereocenters. The van der Waals surface area contributed by atoms with Crippen molar-refractivity contribution in [1.29, 1.82) is 0 Å². The lowest BCUT2D eigenvalue weighted by molar-refractivity contribution is -0.116. The Bertz CT molecular complexity index is 1150. The topological polar surface area (TPSA) is 66.5 Å². The molecule has 1 N–H and O–H groups in total. The molecule has 0 aliphatic carbocycles. The Morgan fingerprint density at radius 1 is 1.03 bits per heavy atom. The lowest BCUT2D eigenvalue weighted by atomic mass is 10.1. The van der Waals surface area contributed by atoms with Gasteiger partial charge in [-0.25, -0.2) is 12.8 Å². The van der Waals surface area contributed by atoms with Crippen molar-refractivity contribution < 1.29 is 17.6 Å². The van der Waals surface area contributed by atoms with Crippen LogP contribution in [0.3, 0.4) is 0 Å².